The molecule has 20 heavy (non-hydrogen) atoms. The Balaban J connectivity index is 2.14. The zero-order valence-electron chi connectivity index (χ0n) is 12.5. The summed E-state index contributed by atoms with van der Waals surface area (Å²) in [6.45, 7) is 8.26. The van der Waals surface area contributed by atoms with E-state index < -0.39 is 5.60 Å². The zero-order valence-corrected chi connectivity index (χ0v) is 12.5. The van der Waals surface area contributed by atoms with Crippen LogP contribution in [0.2, 0.25) is 0 Å². The topological polar surface area (TPSA) is 73.4 Å². The number of carbonyl (C=O) groups is 1. The van der Waals surface area contributed by atoms with E-state index in [0.29, 0.717) is 25.6 Å². The number of carbonyl (C=O) groups excluding carboxylic acids is 1. The minimum Gasteiger partial charge on any atom is -0.444 e. The minimum atomic E-state index is -0.479. The van der Waals surface area contributed by atoms with Gasteiger partial charge in [-0.1, -0.05) is 0 Å². The molecular formula is C14H24N4O2. The number of hydrogen-bond donors (Lipinski definition) is 1. The van der Waals surface area contributed by atoms with Crippen molar-refractivity contribution in [1.29, 1.82) is 0 Å². The van der Waals surface area contributed by atoms with Crippen LogP contribution in [0, 0.1) is 5.92 Å². The maximum atomic E-state index is 12.3. The highest BCUT2D eigenvalue weighted by molar-refractivity contribution is 5.68. The standard InChI is InChI=1S/C14H24N4O2/c1-14(2,3)20-13(19)17-8-11(4-6-15)9-18-12(10-17)5-7-16-18/h5,7,11H,4,6,8-10,15H2,1-3H3/t11-/m1/s1. The van der Waals surface area contributed by atoms with Gasteiger partial charge in [-0.05, 0) is 45.7 Å². The minimum absolute atomic E-state index is 0.269. The van der Waals surface area contributed by atoms with Crippen LogP contribution in [0.3, 0.4) is 0 Å². The number of amides is 1. The van der Waals surface area contributed by atoms with E-state index in [1.165, 1.54) is 0 Å². The molecule has 0 unspecified atom stereocenters. The van der Waals surface area contributed by atoms with Gasteiger partial charge >= 0.3 is 6.09 Å². The molecule has 6 nitrogen and oxygen atoms in total. The van der Waals surface area contributed by atoms with Crippen LogP contribution in [-0.4, -0.2) is 39.5 Å². The molecule has 2 heterocycles. The summed E-state index contributed by atoms with van der Waals surface area (Å²) in [6.07, 6.45) is 2.38. The van der Waals surface area contributed by atoms with Crippen molar-refractivity contribution in [2.45, 2.75) is 45.9 Å². The van der Waals surface area contributed by atoms with Crippen molar-refractivity contribution in [2.75, 3.05) is 13.1 Å². The van der Waals surface area contributed by atoms with Crippen molar-refractivity contribution in [3.05, 3.63) is 18.0 Å². The molecule has 1 atom stereocenters. The smallest absolute Gasteiger partial charge is 0.410 e. The molecule has 1 aromatic rings. The molecule has 2 rings (SSSR count). The Hall–Kier alpha value is -1.56. The number of ether oxygens (including phenoxy) is 1. The second-order valence-corrected chi connectivity index (χ2v) is 6.31. The van der Waals surface area contributed by atoms with Crippen molar-refractivity contribution in [3.63, 3.8) is 0 Å². The highest BCUT2D eigenvalue weighted by Crippen LogP contribution is 2.20. The van der Waals surface area contributed by atoms with Crippen LogP contribution in [0.4, 0.5) is 4.79 Å². The third kappa shape index (κ3) is 3.72. The predicted octanol–water partition coefficient (Wildman–Crippen LogP) is 1.60. The monoisotopic (exact) mass is 280 g/mol. The first kappa shape index (κ1) is 14.8. The molecule has 0 saturated carbocycles. The first-order chi connectivity index (χ1) is 9.39. The van der Waals surface area contributed by atoms with Gasteiger partial charge in [0.05, 0.1) is 12.2 Å². The van der Waals surface area contributed by atoms with Crippen molar-refractivity contribution in [2.24, 2.45) is 11.7 Å². The Morgan fingerprint density at radius 2 is 2.25 bits per heavy atom. The summed E-state index contributed by atoms with van der Waals surface area (Å²) in [7, 11) is 0. The van der Waals surface area contributed by atoms with Crippen LogP contribution in [0.1, 0.15) is 32.9 Å². The molecule has 0 bridgehead atoms. The highest BCUT2D eigenvalue weighted by Gasteiger charge is 2.28. The van der Waals surface area contributed by atoms with Gasteiger partial charge in [-0.2, -0.15) is 5.10 Å². The molecule has 1 aromatic heterocycles. The van der Waals surface area contributed by atoms with E-state index in [1.807, 2.05) is 31.5 Å². The number of nitrogens with zero attached hydrogens (tertiary/aromatic N) is 3. The number of rotatable bonds is 2. The number of hydrogen-bond acceptors (Lipinski definition) is 4. The fraction of sp³-hybridized carbons (Fsp3) is 0.714. The van der Waals surface area contributed by atoms with E-state index in [9.17, 15) is 4.79 Å². The molecule has 0 spiro atoms. The molecule has 112 valence electrons. The van der Waals surface area contributed by atoms with E-state index in [4.69, 9.17) is 10.5 Å². The lowest BCUT2D eigenvalue weighted by Gasteiger charge is -2.28. The average Bonchev–Trinajstić information content (AvgIpc) is 2.66. The first-order valence-electron chi connectivity index (χ1n) is 7.08. The fourth-order valence-electron chi connectivity index (χ4n) is 2.42. The van der Waals surface area contributed by atoms with Crippen molar-refractivity contribution in [3.8, 4) is 0 Å². The van der Waals surface area contributed by atoms with E-state index in [2.05, 4.69) is 5.10 Å². The Morgan fingerprint density at radius 3 is 2.90 bits per heavy atom. The first-order valence-corrected chi connectivity index (χ1v) is 7.08. The lowest BCUT2D eigenvalue weighted by atomic mass is 10.1. The summed E-state index contributed by atoms with van der Waals surface area (Å²) in [5.74, 6) is 0.314. The summed E-state index contributed by atoms with van der Waals surface area (Å²) < 4.78 is 7.44. The largest absolute Gasteiger partial charge is 0.444 e. The molecule has 0 aliphatic carbocycles. The molecule has 1 aliphatic rings. The van der Waals surface area contributed by atoms with Gasteiger partial charge in [0.2, 0.25) is 0 Å². The number of nitrogens with two attached hydrogens (primary N) is 1. The van der Waals surface area contributed by atoms with Crippen LogP contribution in [0.15, 0.2) is 12.3 Å². The maximum Gasteiger partial charge on any atom is 0.410 e. The van der Waals surface area contributed by atoms with E-state index in [1.54, 1.807) is 11.1 Å². The molecule has 0 radical (unpaired) electrons. The van der Waals surface area contributed by atoms with Gasteiger partial charge in [-0.15, -0.1) is 0 Å². The summed E-state index contributed by atoms with van der Waals surface area (Å²) >= 11 is 0. The highest BCUT2D eigenvalue weighted by atomic mass is 16.6. The van der Waals surface area contributed by atoms with Crippen molar-refractivity contribution >= 4 is 6.09 Å². The fourth-order valence-corrected chi connectivity index (χ4v) is 2.42. The second kappa shape index (κ2) is 5.83. The van der Waals surface area contributed by atoms with E-state index in [-0.39, 0.29) is 6.09 Å². The van der Waals surface area contributed by atoms with E-state index >= 15 is 0 Å². The van der Waals surface area contributed by atoms with Crippen LogP contribution in [0.5, 0.6) is 0 Å². The third-order valence-corrected chi connectivity index (χ3v) is 3.29. The quantitative estimate of drug-likeness (QED) is 0.893. The molecule has 2 N–H and O–H groups in total. The predicted molar refractivity (Wildman–Crippen MR) is 76.0 cm³/mol. The van der Waals surface area contributed by atoms with Crippen LogP contribution < -0.4 is 5.73 Å². The van der Waals surface area contributed by atoms with Crippen LogP contribution in [-0.2, 0) is 17.8 Å². The normalized spacial score (nSPS) is 19.4. The SMILES string of the molecule is CC(C)(C)OC(=O)N1Cc2ccnn2C[C@H](CCN)C1. The molecule has 1 amide bonds. The molecule has 0 saturated heterocycles. The zero-order chi connectivity index (χ0) is 14.8. The van der Waals surface area contributed by atoms with Gasteiger partial charge in [-0.25, -0.2) is 4.79 Å². The van der Waals surface area contributed by atoms with E-state index in [0.717, 1.165) is 18.7 Å². The molecule has 0 aromatic carbocycles. The third-order valence-electron chi connectivity index (χ3n) is 3.29. The molecule has 6 heteroatoms. The molecule has 1 aliphatic heterocycles. The summed E-state index contributed by atoms with van der Waals surface area (Å²) in [5, 5.41) is 4.31. The number of fused-ring (bicyclic) bond motifs is 1. The van der Waals surface area contributed by atoms with Crippen LogP contribution >= 0.6 is 0 Å². The Bertz CT molecular complexity index is 464. The number of aromatic nitrogens is 2. The van der Waals surface area contributed by atoms with Gasteiger partial charge in [-0.3, -0.25) is 4.68 Å². The van der Waals surface area contributed by atoms with Crippen molar-refractivity contribution < 1.29 is 9.53 Å². The molecule has 0 fully saturated rings. The second-order valence-electron chi connectivity index (χ2n) is 6.31. The lowest BCUT2D eigenvalue weighted by molar-refractivity contribution is 0.0208. The Kier molecular flexibility index (Phi) is 4.32. The van der Waals surface area contributed by atoms with Crippen LogP contribution in [0.25, 0.3) is 0 Å². The van der Waals surface area contributed by atoms with Gasteiger partial charge in [0, 0.05) is 19.3 Å². The molecular weight excluding hydrogens is 256 g/mol. The summed E-state index contributed by atoms with van der Waals surface area (Å²) in [5.41, 5.74) is 6.22. The Morgan fingerprint density at radius 1 is 1.50 bits per heavy atom. The average molecular weight is 280 g/mol. The van der Waals surface area contributed by atoms with Gasteiger partial charge in [0.15, 0.2) is 0 Å². The van der Waals surface area contributed by atoms with Gasteiger partial charge < -0.3 is 15.4 Å². The van der Waals surface area contributed by atoms with Crippen molar-refractivity contribution in [1.82, 2.24) is 14.7 Å². The summed E-state index contributed by atoms with van der Waals surface area (Å²) in [4.78, 5) is 14.0. The summed E-state index contributed by atoms with van der Waals surface area (Å²) in [6, 6.07) is 1.95. The van der Waals surface area contributed by atoms with Gasteiger partial charge in [0.1, 0.15) is 5.60 Å². The lowest BCUT2D eigenvalue weighted by Crippen LogP contribution is -2.38. The Labute approximate surface area is 119 Å². The van der Waals surface area contributed by atoms with Gasteiger partial charge in [0.25, 0.3) is 0 Å². The maximum absolute atomic E-state index is 12.3.